The van der Waals surface area contributed by atoms with Crippen molar-refractivity contribution in [3.05, 3.63) is 18.0 Å². The minimum atomic E-state index is -0.00214. The molecule has 1 aromatic rings. The number of aromatic nitrogens is 2. The van der Waals surface area contributed by atoms with Gasteiger partial charge in [0.2, 0.25) is 5.95 Å². The maximum Gasteiger partial charge on any atom is 0.225 e. The van der Waals surface area contributed by atoms with E-state index in [9.17, 15) is 0 Å². The van der Waals surface area contributed by atoms with Crippen LogP contribution in [0.15, 0.2) is 17.4 Å². The molecule has 6 heteroatoms. The number of oxime groups is 1. The molecule has 0 spiro atoms. The van der Waals surface area contributed by atoms with E-state index in [1.54, 1.807) is 12.3 Å². The molecule has 0 atom stereocenters. The van der Waals surface area contributed by atoms with Crippen molar-refractivity contribution in [3.63, 3.8) is 0 Å². The fourth-order valence-corrected chi connectivity index (χ4v) is 1.81. The van der Waals surface area contributed by atoms with E-state index in [0.29, 0.717) is 23.5 Å². The van der Waals surface area contributed by atoms with Gasteiger partial charge in [0.15, 0.2) is 5.84 Å². The zero-order chi connectivity index (χ0) is 14.4. The second kappa shape index (κ2) is 6.92. The van der Waals surface area contributed by atoms with Crippen molar-refractivity contribution < 1.29 is 5.21 Å². The summed E-state index contributed by atoms with van der Waals surface area (Å²) >= 11 is 0. The van der Waals surface area contributed by atoms with Crippen LogP contribution in [-0.2, 0) is 0 Å². The lowest BCUT2D eigenvalue weighted by atomic mass is 10.1. The summed E-state index contributed by atoms with van der Waals surface area (Å²) in [6.45, 7) is 10.4. The van der Waals surface area contributed by atoms with E-state index in [1.807, 2.05) is 0 Å². The van der Waals surface area contributed by atoms with Crippen molar-refractivity contribution in [2.24, 2.45) is 22.7 Å². The minimum absolute atomic E-state index is 0.00214. The molecule has 0 unspecified atom stereocenters. The molecule has 1 rings (SSSR count). The summed E-state index contributed by atoms with van der Waals surface area (Å²) in [5.41, 5.74) is 5.99. The lowest BCUT2D eigenvalue weighted by molar-refractivity contribution is 0.318. The normalized spacial score (nSPS) is 12.2. The Balaban J connectivity index is 3.01. The first-order valence-electron chi connectivity index (χ1n) is 6.50. The summed E-state index contributed by atoms with van der Waals surface area (Å²) in [6, 6.07) is 1.63. The van der Waals surface area contributed by atoms with Crippen LogP contribution in [0.2, 0.25) is 0 Å². The fourth-order valence-electron chi connectivity index (χ4n) is 1.81. The van der Waals surface area contributed by atoms with Gasteiger partial charge in [-0.3, -0.25) is 0 Å². The average Bonchev–Trinajstić information content (AvgIpc) is 2.36. The summed E-state index contributed by atoms with van der Waals surface area (Å²) in [4.78, 5) is 10.8. The maximum atomic E-state index is 8.70. The van der Waals surface area contributed by atoms with Crippen molar-refractivity contribution in [1.82, 2.24) is 9.97 Å². The highest BCUT2D eigenvalue weighted by Gasteiger charge is 2.14. The predicted molar refractivity (Wildman–Crippen MR) is 76.4 cm³/mol. The molecule has 0 amide bonds. The van der Waals surface area contributed by atoms with Crippen molar-refractivity contribution >= 4 is 11.8 Å². The van der Waals surface area contributed by atoms with Crippen molar-refractivity contribution in [1.29, 1.82) is 0 Å². The van der Waals surface area contributed by atoms with Crippen LogP contribution < -0.4 is 10.6 Å². The SMILES string of the molecule is CC(C)CN(CC(C)C)c1nccc(/C(N)=N/O)n1. The fraction of sp³-hybridized carbons (Fsp3) is 0.615. The summed E-state index contributed by atoms with van der Waals surface area (Å²) in [6.07, 6.45) is 1.63. The molecule has 19 heavy (non-hydrogen) atoms. The highest BCUT2D eigenvalue weighted by Crippen LogP contribution is 2.12. The van der Waals surface area contributed by atoms with Gasteiger partial charge in [-0.2, -0.15) is 0 Å². The molecule has 1 aromatic heterocycles. The van der Waals surface area contributed by atoms with Gasteiger partial charge in [-0.25, -0.2) is 9.97 Å². The monoisotopic (exact) mass is 265 g/mol. The molecule has 0 saturated carbocycles. The molecular formula is C13H23N5O. The summed E-state index contributed by atoms with van der Waals surface area (Å²) in [7, 11) is 0. The third-order valence-corrected chi connectivity index (χ3v) is 2.47. The number of anilines is 1. The second-order valence-electron chi connectivity index (χ2n) is 5.42. The van der Waals surface area contributed by atoms with Crippen LogP contribution >= 0.6 is 0 Å². The molecule has 0 radical (unpaired) electrons. The molecular weight excluding hydrogens is 242 g/mol. The predicted octanol–water partition coefficient (Wildman–Crippen LogP) is 1.69. The lowest BCUT2D eigenvalue weighted by Crippen LogP contribution is -2.33. The Morgan fingerprint density at radius 2 is 1.89 bits per heavy atom. The number of rotatable bonds is 6. The Bertz CT molecular complexity index is 421. The van der Waals surface area contributed by atoms with Crippen molar-refractivity contribution in [3.8, 4) is 0 Å². The van der Waals surface area contributed by atoms with Gasteiger partial charge >= 0.3 is 0 Å². The van der Waals surface area contributed by atoms with Crippen LogP contribution in [0.5, 0.6) is 0 Å². The number of nitrogens with zero attached hydrogens (tertiary/aromatic N) is 4. The molecule has 6 nitrogen and oxygen atoms in total. The molecule has 1 heterocycles. The highest BCUT2D eigenvalue weighted by molar-refractivity contribution is 5.95. The van der Waals surface area contributed by atoms with E-state index < -0.39 is 0 Å². The summed E-state index contributed by atoms with van der Waals surface area (Å²) < 4.78 is 0. The second-order valence-corrected chi connectivity index (χ2v) is 5.42. The zero-order valence-electron chi connectivity index (χ0n) is 12.0. The lowest BCUT2D eigenvalue weighted by Gasteiger charge is -2.26. The first-order chi connectivity index (χ1) is 8.93. The molecule has 0 aliphatic carbocycles. The average molecular weight is 265 g/mol. The van der Waals surface area contributed by atoms with Crippen LogP contribution in [0.3, 0.4) is 0 Å². The van der Waals surface area contributed by atoms with E-state index >= 15 is 0 Å². The smallest absolute Gasteiger partial charge is 0.225 e. The van der Waals surface area contributed by atoms with Crippen molar-refractivity contribution in [2.45, 2.75) is 27.7 Å². The Hall–Kier alpha value is -1.85. The Labute approximate surface area is 114 Å². The van der Waals surface area contributed by atoms with Gasteiger partial charge in [0, 0.05) is 19.3 Å². The van der Waals surface area contributed by atoms with Crippen LogP contribution in [0, 0.1) is 11.8 Å². The molecule has 106 valence electrons. The van der Waals surface area contributed by atoms with Gasteiger partial charge < -0.3 is 15.8 Å². The van der Waals surface area contributed by atoms with Gasteiger partial charge in [-0.1, -0.05) is 32.9 Å². The Morgan fingerprint density at radius 3 is 2.37 bits per heavy atom. The van der Waals surface area contributed by atoms with E-state index in [4.69, 9.17) is 10.9 Å². The highest BCUT2D eigenvalue weighted by atomic mass is 16.4. The molecule has 0 aromatic carbocycles. The molecule has 0 fully saturated rings. The standard InChI is InChI=1S/C13H23N5O/c1-9(2)7-18(8-10(3)4)13-15-6-5-11(16-13)12(14)17-19/h5-6,9-10,19H,7-8H2,1-4H3,(H2,14,17). The first kappa shape index (κ1) is 15.2. The number of hydrogen-bond donors (Lipinski definition) is 2. The maximum absolute atomic E-state index is 8.70. The molecule has 0 aliphatic rings. The Morgan fingerprint density at radius 1 is 1.32 bits per heavy atom. The van der Waals surface area contributed by atoms with Crippen molar-refractivity contribution in [2.75, 3.05) is 18.0 Å². The molecule has 0 aliphatic heterocycles. The first-order valence-corrected chi connectivity index (χ1v) is 6.50. The van der Waals surface area contributed by atoms with Gasteiger partial charge in [0.25, 0.3) is 0 Å². The third-order valence-electron chi connectivity index (χ3n) is 2.47. The van der Waals surface area contributed by atoms with Crippen LogP contribution in [0.4, 0.5) is 5.95 Å². The van der Waals surface area contributed by atoms with Crippen LogP contribution in [-0.4, -0.2) is 34.1 Å². The third kappa shape index (κ3) is 4.73. The molecule has 3 N–H and O–H groups in total. The summed E-state index contributed by atoms with van der Waals surface area (Å²) in [5, 5.41) is 11.7. The topological polar surface area (TPSA) is 87.6 Å². The largest absolute Gasteiger partial charge is 0.409 e. The van der Waals surface area contributed by atoms with E-state index in [-0.39, 0.29) is 5.84 Å². The molecule has 0 bridgehead atoms. The minimum Gasteiger partial charge on any atom is -0.409 e. The van der Waals surface area contributed by atoms with Gasteiger partial charge in [-0.05, 0) is 17.9 Å². The Kier molecular flexibility index (Phi) is 5.54. The van der Waals surface area contributed by atoms with E-state index in [1.165, 1.54) is 0 Å². The van der Waals surface area contributed by atoms with E-state index in [0.717, 1.165) is 13.1 Å². The molecule has 0 saturated heterocycles. The number of nitrogens with two attached hydrogens (primary N) is 1. The van der Waals surface area contributed by atoms with Crippen LogP contribution in [0.25, 0.3) is 0 Å². The number of hydrogen-bond acceptors (Lipinski definition) is 5. The van der Waals surface area contributed by atoms with Gasteiger partial charge in [0.1, 0.15) is 5.69 Å². The zero-order valence-corrected chi connectivity index (χ0v) is 12.0. The number of amidine groups is 1. The van der Waals surface area contributed by atoms with Crippen LogP contribution in [0.1, 0.15) is 33.4 Å². The van der Waals surface area contributed by atoms with Gasteiger partial charge in [-0.15, -0.1) is 0 Å². The van der Waals surface area contributed by atoms with Gasteiger partial charge in [0.05, 0.1) is 0 Å². The quantitative estimate of drug-likeness (QED) is 0.354. The summed E-state index contributed by atoms with van der Waals surface area (Å²) in [5.74, 6) is 1.63. The van der Waals surface area contributed by atoms with E-state index in [2.05, 4.69) is 47.7 Å².